The Labute approximate surface area is 364 Å². The molecule has 0 aliphatic carbocycles. The lowest BCUT2D eigenvalue weighted by Gasteiger charge is -2.17. The van der Waals surface area contributed by atoms with Crippen molar-refractivity contribution in [2.24, 2.45) is 0 Å². The standard InChI is InChI=1S/C57H36N6/c58-37-38-25-27-39(28-26-38)44-29-31-54-47(33-44)46-23-13-14-24-53(46)63(54)55-32-30-45(52-36-49(40-15-5-1-6-16-40)59-56(60-52)43-21-11-4-12-22-43)34-48(55)57-61-50(41-17-7-2-8-18-41)35-51(62-57)42-19-9-3-10-20-42/h1-36H. The second-order valence-electron chi connectivity index (χ2n) is 15.4. The van der Waals surface area contributed by atoms with Crippen molar-refractivity contribution in [2.75, 3.05) is 0 Å². The first kappa shape index (κ1) is 37.2. The highest BCUT2D eigenvalue weighted by Crippen LogP contribution is 2.40. The Balaban J connectivity index is 1.18. The van der Waals surface area contributed by atoms with Gasteiger partial charge in [-0.2, -0.15) is 5.26 Å². The quantitative estimate of drug-likeness (QED) is 0.153. The summed E-state index contributed by atoms with van der Waals surface area (Å²) >= 11 is 0. The molecule has 0 spiro atoms. The zero-order valence-corrected chi connectivity index (χ0v) is 34.0. The summed E-state index contributed by atoms with van der Waals surface area (Å²) in [6.45, 7) is 0. The van der Waals surface area contributed by atoms with Crippen LogP contribution >= 0.6 is 0 Å². The molecular weight excluding hydrogens is 769 g/mol. The van der Waals surface area contributed by atoms with Crippen molar-refractivity contribution >= 4 is 21.8 Å². The molecule has 0 radical (unpaired) electrons. The zero-order chi connectivity index (χ0) is 42.1. The minimum atomic E-state index is 0.591. The summed E-state index contributed by atoms with van der Waals surface area (Å²) in [5, 5.41) is 11.7. The van der Waals surface area contributed by atoms with Crippen molar-refractivity contribution in [3.8, 4) is 90.7 Å². The van der Waals surface area contributed by atoms with Gasteiger partial charge in [-0.25, -0.2) is 19.9 Å². The first-order valence-electron chi connectivity index (χ1n) is 20.9. The van der Waals surface area contributed by atoms with E-state index < -0.39 is 0 Å². The molecule has 11 aromatic rings. The van der Waals surface area contributed by atoms with E-state index in [1.807, 2.05) is 109 Å². The van der Waals surface area contributed by atoms with E-state index in [9.17, 15) is 5.26 Å². The summed E-state index contributed by atoms with van der Waals surface area (Å²) in [5.41, 5.74) is 14.8. The Kier molecular flexibility index (Phi) is 9.45. The van der Waals surface area contributed by atoms with Gasteiger partial charge in [0.1, 0.15) is 0 Å². The number of hydrogen-bond acceptors (Lipinski definition) is 5. The van der Waals surface area contributed by atoms with Crippen LogP contribution in [0.3, 0.4) is 0 Å². The number of fused-ring (bicyclic) bond motifs is 3. The molecule has 6 nitrogen and oxygen atoms in total. The van der Waals surface area contributed by atoms with Gasteiger partial charge in [0, 0.05) is 44.2 Å². The summed E-state index contributed by atoms with van der Waals surface area (Å²) in [6.07, 6.45) is 0. The highest BCUT2D eigenvalue weighted by atomic mass is 15.0. The number of aromatic nitrogens is 5. The molecule has 294 valence electrons. The zero-order valence-electron chi connectivity index (χ0n) is 34.0. The summed E-state index contributed by atoms with van der Waals surface area (Å²) in [5.74, 6) is 1.24. The maximum absolute atomic E-state index is 9.45. The van der Waals surface area contributed by atoms with Gasteiger partial charge >= 0.3 is 0 Å². The molecule has 6 heteroatoms. The van der Waals surface area contributed by atoms with E-state index in [1.165, 1.54) is 0 Å². The smallest absolute Gasteiger partial charge is 0.162 e. The molecule has 8 aromatic carbocycles. The highest BCUT2D eigenvalue weighted by Gasteiger charge is 2.21. The SMILES string of the molecule is N#Cc1ccc(-c2ccc3c(c2)c2ccccc2n3-c2ccc(-c3cc(-c4ccccc4)nc(-c4ccccc4)n3)cc2-c2nc(-c3ccccc3)cc(-c3ccccc3)n2)cc1. The van der Waals surface area contributed by atoms with Crippen LogP contribution in [-0.2, 0) is 0 Å². The molecule has 3 heterocycles. The first-order valence-corrected chi connectivity index (χ1v) is 20.9. The van der Waals surface area contributed by atoms with Gasteiger partial charge in [-0.1, -0.05) is 164 Å². The third-order valence-corrected chi connectivity index (χ3v) is 11.5. The van der Waals surface area contributed by atoms with Crippen LogP contribution in [0.25, 0.3) is 106 Å². The molecule has 0 fully saturated rings. The van der Waals surface area contributed by atoms with Gasteiger partial charge < -0.3 is 4.57 Å². The maximum Gasteiger partial charge on any atom is 0.162 e. The van der Waals surface area contributed by atoms with Gasteiger partial charge in [-0.15, -0.1) is 0 Å². The fourth-order valence-electron chi connectivity index (χ4n) is 8.37. The largest absolute Gasteiger partial charge is 0.309 e. The van der Waals surface area contributed by atoms with Gasteiger partial charge in [0.2, 0.25) is 0 Å². The average molecular weight is 805 g/mol. The molecule has 0 aliphatic heterocycles. The van der Waals surface area contributed by atoms with Crippen LogP contribution < -0.4 is 0 Å². The van der Waals surface area contributed by atoms with Crippen molar-refractivity contribution in [1.82, 2.24) is 24.5 Å². The molecule has 3 aromatic heterocycles. The fourth-order valence-corrected chi connectivity index (χ4v) is 8.37. The topological polar surface area (TPSA) is 80.3 Å². The van der Waals surface area contributed by atoms with Crippen LogP contribution in [0.4, 0.5) is 0 Å². The first-order chi connectivity index (χ1) is 31.2. The average Bonchev–Trinajstić information content (AvgIpc) is 3.70. The summed E-state index contributed by atoms with van der Waals surface area (Å²) < 4.78 is 2.33. The minimum absolute atomic E-state index is 0.591. The van der Waals surface area contributed by atoms with Crippen LogP contribution in [0, 0.1) is 11.3 Å². The van der Waals surface area contributed by atoms with Gasteiger partial charge in [0.25, 0.3) is 0 Å². The van der Waals surface area contributed by atoms with Gasteiger partial charge in [-0.3, -0.25) is 0 Å². The molecule has 0 saturated heterocycles. The molecule has 0 atom stereocenters. The predicted octanol–water partition coefficient (Wildman–Crippen LogP) is 13.9. The number of rotatable bonds is 8. The van der Waals surface area contributed by atoms with Crippen molar-refractivity contribution in [3.63, 3.8) is 0 Å². The number of hydrogen-bond donors (Lipinski definition) is 0. The summed E-state index contributed by atoms with van der Waals surface area (Å²) in [7, 11) is 0. The Hall–Kier alpha value is -8.79. The molecule has 0 unspecified atom stereocenters. The normalized spacial score (nSPS) is 11.2. The third-order valence-electron chi connectivity index (χ3n) is 11.5. The Bertz CT molecular complexity index is 3370. The van der Waals surface area contributed by atoms with Gasteiger partial charge in [0.15, 0.2) is 11.6 Å². The van der Waals surface area contributed by atoms with Crippen LogP contribution in [0.5, 0.6) is 0 Å². The second kappa shape index (κ2) is 16.0. The number of nitriles is 1. The molecule has 0 N–H and O–H groups in total. The number of para-hydroxylation sites is 1. The molecule has 0 saturated carbocycles. The maximum atomic E-state index is 9.45. The van der Waals surface area contributed by atoms with E-state index in [1.54, 1.807) is 0 Å². The molecule has 0 aliphatic rings. The van der Waals surface area contributed by atoms with Crippen LogP contribution in [0.1, 0.15) is 5.56 Å². The summed E-state index contributed by atoms with van der Waals surface area (Å²) in [6, 6.07) is 76.7. The van der Waals surface area contributed by atoms with Crippen LogP contribution in [0.15, 0.2) is 218 Å². The van der Waals surface area contributed by atoms with E-state index in [0.29, 0.717) is 17.2 Å². The Morgan fingerprint density at radius 2 is 0.794 bits per heavy atom. The molecule has 0 amide bonds. The summed E-state index contributed by atoms with van der Waals surface area (Å²) in [4.78, 5) is 21.1. The highest BCUT2D eigenvalue weighted by molar-refractivity contribution is 6.11. The van der Waals surface area contributed by atoms with E-state index in [2.05, 4.69) is 120 Å². The van der Waals surface area contributed by atoms with Crippen molar-refractivity contribution in [1.29, 1.82) is 5.26 Å². The molecule has 0 bridgehead atoms. The fraction of sp³-hybridized carbons (Fsp3) is 0. The predicted molar refractivity (Wildman–Crippen MR) is 255 cm³/mol. The van der Waals surface area contributed by atoms with Crippen LogP contribution in [-0.4, -0.2) is 24.5 Å². The van der Waals surface area contributed by atoms with Crippen molar-refractivity contribution in [3.05, 3.63) is 224 Å². The third kappa shape index (κ3) is 7.10. The van der Waals surface area contributed by atoms with E-state index in [-0.39, 0.29) is 0 Å². The Morgan fingerprint density at radius 1 is 0.333 bits per heavy atom. The van der Waals surface area contributed by atoms with E-state index in [0.717, 1.165) is 94.8 Å². The molecular formula is C57H36N6. The second-order valence-corrected chi connectivity index (χ2v) is 15.4. The lowest BCUT2D eigenvalue weighted by molar-refractivity contribution is 1.13. The molecule has 63 heavy (non-hydrogen) atoms. The van der Waals surface area contributed by atoms with Crippen molar-refractivity contribution in [2.45, 2.75) is 0 Å². The van der Waals surface area contributed by atoms with E-state index in [4.69, 9.17) is 19.9 Å². The molecule has 11 rings (SSSR count). The number of nitrogens with zero attached hydrogens (tertiary/aromatic N) is 6. The lowest BCUT2D eigenvalue weighted by Crippen LogP contribution is -2.03. The van der Waals surface area contributed by atoms with Crippen molar-refractivity contribution < 1.29 is 0 Å². The van der Waals surface area contributed by atoms with Crippen LogP contribution in [0.2, 0.25) is 0 Å². The monoisotopic (exact) mass is 804 g/mol. The van der Waals surface area contributed by atoms with Gasteiger partial charge in [-0.05, 0) is 65.7 Å². The minimum Gasteiger partial charge on any atom is -0.309 e. The van der Waals surface area contributed by atoms with E-state index >= 15 is 0 Å². The Morgan fingerprint density at radius 3 is 1.37 bits per heavy atom. The number of benzene rings is 8. The lowest BCUT2D eigenvalue weighted by atomic mass is 10.0. The van der Waals surface area contributed by atoms with Gasteiger partial charge in [0.05, 0.1) is 51.1 Å².